The Morgan fingerprint density at radius 2 is 1.97 bits per heavy atom. The molecule has 1 aliphatic heterocycles. The highest BCUT2D eigenvalue weighted by Crippen LogP contribution is 2.26. The summed E-state index contributed by atoms with van der Waals surface area (Å²) in [5.41, 5.74) is 3.30. The number of nitrogens with zero attached hydrogens (tertiary/aromatic N) is 4. The molecule has 6 nitrogen and oxygen atoms in total. The van der Waals surface area contributed by atoms with Crippen molar-refractivity contribution in [3.05, 3.63) is 76.3 Å². The zero-order chi connectivity index (χ0) is 21.1. The Morgan fingerprint density at radius 3 is 2.73 bits per heavy atom. The lowest BCUT2D eigenvalue weighted by molar-refractivity contribution is 0.0906. The Hall–Kier alpha value is -3.28. The van der Waals surface area contributed by atoms with Crippen molar-refractivity contribution in [3.63, 3.8) is 0 Å². The predicted molar refractivity (Wildman–Crippen MR) is 118 cm³/mol. The summed E-state index contributed by atoms with van der Waals surface area (Å²) in [6.07, 6.45) is 6.02. The minimum atomic E-state index is -0.115. The van der Waals surface area contributed by atoms with Crippen molar-refractivity contribution >= 4 is 11.7 Å². The van der Waals surface area contributed by atoms with Gasteiger partial charge in [0.2, 0.25) is 5.95 Å². The van der Waals surface area contributed by atoms with Gasteiger partial charge < -0.3 is 4.90 Å². The molecule has 0 amide bonds. The Labute approximate surface area is 176 Å². The second kappa shape index (κ2) is 8.61. The first-order valence-corrected chi connectivity index (χ1v) is 10.4. The third kappa shape index (κ3) is 4.03. The van der Waals surface area contributed by atoms with Crippen LogP contribution in [0.25, 0.3) is 11.3 Å². The number of carbonyl (C=O) groups excluding carboxylic acids is 1. The molecular formula is C24H26N4O2. The fraction of sp³-hybridized carbons (Fsp3) is 0.333. The number of ketones is 1. The van der Waals surface area contributed by atoms with Crippen LogP contribution in [0.2, 0.25) is 0 Å². The van der Waals surface area contributed by atoms with Crippen LogP contribution in [0.1, 0.15) is 35.7 Å². The summed E-state index contributed by atoms with van der Waals surface area (Å²) in [6.45, 7) is 3.43. The van der Waals surface area contributed by atoms with E-state index in [1.165, 1.54) is 5.56 Å². The van der Waals surface area contributed by atoms with Gasteiger partial charge in [-0.05, 0) is 43.0 Å². The molecule has 30 heavy (non-hydrogen) atoms. The van der Waals surface area contributed by atoms with Crippen molar-refractivity contribution in [3.8, 4) is 11.3 Å². The summed E-state index contributed by atoms with van der Waals surface area (Å²) in [5.74, 6) is 0.673. The first-order valence-electron chi connectivity index (χ1n) is 10.4. The Morgan fingerprint density at radius 1 is 1.17 bits per heavy atom. The standard InChI is InChI=1S/C24H26N4O2/c1-3-17-6-4-7-19(14-17)23(30)20-8-5-13-28(16-20)24-26-21(15-22(29)27(24)2)18-9-11-25-12-10-18/h4,6-7,9-12,14-15,20H,3,5,8,13,16H2,1-2H3. The van der Waals surface area contributed by atoms with Gasteiger partial charge in [0.25, 0.3) is 5.56 Å². The Balaban J connectivity index is 1.62. The van der Waals surface area contributed by atoms with E-state index in [9.17, 15) is 9.59 Å². The van der Waals surface area contributed by atoms with Gasteiger partial charge in [-0.1, -0.05) is 25.1 Å². The SMILES string of the molecule is CCc1cccc(C(=O)C2CCCN(c3nc(-c4ccncc4)cc(=O)n3C)C2)c1. The summed E-state index contributed by atoms with van der Waals surface area (Å²) in [5, 5.41) is 0. The topological polar surface area (TPSA) is 68.1 Å². The highest BCUT2D eigenvalue weighted by Gasteiger charge is 2.28. The van der Waals surface area contributed by atoms with Gasteiger partial charge in [0.05, 0.1) is 5.69 Å². The fourth-order valence-corrected chi connectivity index (χ4v) is 4.03. The largest absolute Gasteiger partial charge is 0.341 e. The molecule has 0 N–H and O–H groups in total. The zero-order valence-corrected chi connectivity index (χ0v) is 17.4. The number of anilines is 1. The summed E-state index contributed by atoms with van der Waals surface area (Å²) < 4.78 is 1.56. The molecule has 3 aromatic rings. The lowest BCUT2D eigenvalue weighted by atomic mass is 9.89. The minimum Gasteiger partial charge on any atom is -0.341 e. The lowest BCUT2D eigenvalue weighted by Crippen LogP contribution is -2.42. The number of aromatic nitrogens is 3. The molecule has 4 rings (SSSR count). The third-order valence-electron chi connectivity index (χ3n) is 5.78. The van der Waals surface area contributed by atoms with Crippen LogP contribution in [0.5, 0.6) is 0 Å². The van der Waals surface area contributed by atoms with E-state index < -0.39 is 0 Å². The molecule has 2 aromatic heterocycles. The average molecular weight is 402 g/mol. The van der Waals surface area contributed by atoms with E-state index in [1.54, 1.807) is 30.1 Å². The predicted octanol–water partition coefficient (Wildman–Crippen LogP) is 3.50. The van der Waals surface area contributed by atoms with Crippen LogP contribution in [0.4, 0.5) is 5.95 Å². The molecule has 6 heteroatoms. The van der Waals surface area contributed by atoms with Gasteiger partial charge in [-0.3, -0.25) is 19.1 Å². The van der Waals surface area contributed by atoms with E-state index in [-0.39, 0.29) is 17.3 Å². The van der Waals surface area contributed by atoms with Gasteiger partial charge in [0, 0.05) is 55.6 Å². The third-order valence-corrected chi connectivity index (χ3v) is 5.78. The van der Waals surface area contributed by atoms with Gasteiger partial charge >= 0.3 is 0 Å². The molecule has 0 bridgehead atoms. The number of carbonyl (C=O) groups is 1. The van der Waals surface area contributed by atoms with Crippen molar-refractivity contribution in [2.24, 2.45) is 13.0 Å². The van der Waals surface area contributed by atoms with Crippen LogP contribution in [0, 0.1) is 5.92 Å². The lowest BCUT2D eigenvalue weighted by Gasteiger charge is -2.33. The molecule has 1 aliphatic rings. The molecule has 3 heterocycles. The van der Waals surface area contributed by atoms with Gasteiger partial charge in [-0.2, -0.15) is 0 Å². The molecule has 0 spiro atoms. The van der Waals surface area contributed by atoms with Gasteiger partial charge in [0.15, 0.2) is 5.78 Å². The molecule has 0 radical (unpaired) electrons. The quantitative estimate of drug-likeness (QED) is 0.611. The molecule has 0 aliphatic carbocycles. The van der Waals surface area contributed by atoms with Crippen LogP contribution in [-0.4, -0.2) is 33.4 Å². The van der Waals surface area contributed by atoms with Crippen molar-refractivity contribution in [2.75, 3.05) is 18.0 Å². The van der Waals surface area contributed by atoms with E-state index in [0.29, 0.717) is 18.2 Å². The first-order chi connectivity index (χ1) is 14.6. The second-order valence-electron chi connectivity index (χ2n) is 7.78. The number of pyridine rings is 1. The molecule has 1 unspecified atom stereocenters. The molecule has 154 valence electrons. The average Bonchev–Trinajstić information content (AvgIpc) is 2.81. The van der Waals surface area contributed by atoms with Crippen LogP contribution >= 0.6 is 0 Å². The summed E-state index contributed by atoms with van der Waals surface area (Å²) in [4.78, 5) is 36.6. The Kier molecular flexibility index (Phi) is 5.74. The highest BCUT2D eigenvalue weighted by atomic mass is 16.1. The molecule has 1 fully saturated rings. The van der Waals surface area contributed by atoms with E-state index >= 15 is 0 Å². The number of rotatable bonds is 5. The Bertz CT molecular complexity index is 1110. The van der Waals surface area contributed by atoms with Crippen LogP contribution < -0.4 is 10.5 Å². The number of hydrogen-bond donors (Lipinski definition) is 0. The number of aryl methyl sites for hydroxylation is 1. The monoisotopic (exact) mass is 402 g/mol. The molecule has 1 saturated heterocycles. The van der Waals surface area contributed by atoms with Gasteiger partial charge in [0.1, 0.15) is 0 Å². The highest BCUT2D eigenvalue weighted by molar-refractivity contribution is 5.98. The van der Waals surface area contributed by atoms with Crippen LogP contribution in [-0.2, 0) is 13.5 Å². The molecule has 1 aromatic carbocycles. The van der Waals surface area contributed by atoms with E-state index in [2.05, 4.69) is 16.8 Å². The smallest absolute Gasteiger partial charge is 0.255 e. The second-order valence-corrected chi connectivity index (χ2v) is 7.78. The van der Waals surface area contributed by atoms with E-state index in [1.807, 2.05) is 36.4 Å². The van der Waals surface area contributed by atoms with Crippen molar-refractivity contribution in [2.45, 2.75) is 26.2 Å². The summed E-state index contributed by atoms with van der Waals surface area (Å²) in [7, 11) is 1.73. The van der Waals surface area contributed by atoms with Crippen LogP contribution in [0.3, 0.4) is 0 Å². The molecule has 1 atom stereocenters. The number of benzene rings is 1. The van der Waals surface area contributed by atoms with E-state index in [0.717, 1.165) is 36.9 Å². The maximum absolute atomic E-state index is 13.2. The molecule has 0 saturated carbocycles. The zero-order valence-electron chi connectivity index (χ0n) is 17.4. The van der Waals surface area contributed by atoms with Gasteiger partial charge in [-0.25, -0.2) is 4.98 Å². The fourth-order valence-electron chi connectivity index (χ4n) is 4.03. The van der Waals surface area contributed by atoms with Crippen molar-refractivity contribution in [1.82, 2.24) is 14.5 Å². The summed E-state index contributed by atoms with van der Waals surface area (Å²) in [6, 6.07) is 13.1. The number of piperidine rings is 1. The number of hydrogen-bond acceptors (Lipinski definition) is 5. The van der Waals surface area contributed by atoms with Crippen molar-refractivity contribution in [1.29, 1.82) is 0 Å². The first kappa shape index (κ1) is 20.0. The van der Waals surface area contributed by atoms with Crippen LogP contribution in [0.15, 0.2) is 59.7 Å². The maximum atomic E-state index is 13.2. The number of Topliss-reactive ketones (excluding diaryl/α,β-unsaturated/α-hetero) is 1. The minimum absolute atomic E-state index is 0.104. The van der Waals surface area contributed by atoms with Gasteiger partial charge in [-0.15, -0.1) is 0 Å². The molecular weight excluding hydrogens is 376 g/mol. The van der Waals surface area contributed by atoms with E-state index in [4.69, 9.17) is 4.98 Å². The maximum Gasteiger partial charge on any atom is 0.255 e. The summed E-state index contributed by atoms with van der Waals surface area (Å²) >= 11 is 0. The van der Waals surface area contributed by atoms with Crippen molar-refractivity contribution < 1.29 is 4.79 Å². The normalized spacial score (nSPS) is 16.5.